The second-order valence-corrected chi connectivity index (χ2v) is 6.83. The first-order chi connectivity index (χ1) is 13.0. The average molecular weight is 371 g/mol. The lowest BCUT2D eigenvalue weighted by molar-refractivity contribution is 0.414. The summed E-state index contributed by atoms with van der Waals surface area (Å²) in [6.45, 7) is 7.72. The fraction of sp³-hybridized carbons (Fsp3) is 0.474. The van der Waals surface area contributed by atoms with Crippen LogP contribution >= 0.6 is 0 Å². The maximum absolute atomic E-state index is 5.36. The van der Waals surface area contributed by atoms with Crippen LogP contribution in [-0.2, 0) is 0 Å². The van der Waals surface area contributed by atoms with Gasteiger partial charge in [-0.05, 0) is 38.4 Å². The molecule has 0 radical (unpaired) electrons. The second kappa shape index (κ2) is 8.30. The molecule has 0 fully saturated rings. The predicted molar refractivity (Wildman–Crippen MR) is 107 cm³/mol. The van der Waals surface area contributed by atoms with Crippen molar-refractivity contribution in [3.8, 4) is 11.4 Å². The molecule has 8 heteroatoms. The van der Waals surface area contributed by atoms with Gasteiger partial charge >= 0.3 is 0 Å². The van der Waals surface area contributed by atoms with E-state index in [0.29, 0.717) is 0 Å². The van der Waals surface area contributed by atoms with E-state index < -0.39 is 0 Å². The highest BCUT2D eigenvalue weighted by Crippen LogP contribution is 2.34. The normalized spacial score (nSPS) is 14.7. The van der Waals surface area contributed by atoms with Gasteiger partial charge in [0.1, 0.15) is 17.7 Å². The third-order valence-corrected chi connectivity index (χ3v) is 4.67. The molecule has 3 rings (SSSR count). The molecule has 27 heavy (non-hydrogen) atoms. The van der Waals surface area contributed by atoms with Crippen molar-refractivity contribution in [2.45, 2.75) is 25.9 Å². The summed E-state index contributed by atoms with van der Waals surface area (Å²) in [6.07, 6.45) is 2.02. The molecule has 146 valence electrons. The molecule has 2 heterocycles. The van der Waals surface area contributed by atoms with Crippen LogP contribution in [0.2, 0.25) is 0 Å². The molecule has 0 saturated heterocycles. The minimum atomic E-state index is -0.0875. The smallest absolute Gasteiger partial charge is 0.175 e. The minimum Gasteiger partial charge on any atom is -0.497 e. The Kier molecular flexibility index (Phi) is 5.85. The molecule has 1 unspecified atom stereocenters. The van der Waals surface area contributed by atoms with E-state index in [0.717, 1.165) is 60.5 Å². The Labute approximate surface area is 160 Å². The number of ether oxygens (including phenoxy) is 1. The van der Waals surface area contributed by atoms with E-state index in [9.17, 15) is 0 Å². The van der Waals surface area contributed by atoms with E-state index in [1.807, 2.05) is 44.1 Å². The first-order valence-electron chi connectivity index (χ1n) is 9.21. The third-order valence-electron chi connectivity index (χ3n) is 4.67. The number of benzene rings is 1. The molecule has 0 spiro atoms. The molecule has 0 bridgehead atoms. The number of aryl methyl sites for hydroxylation is 1. The van der Waals surface area contributed by atoms with Gasteiger partial charge in [0.2, 0.25) is 0 Å². The predicted octanol–water partition coefficient (Wildman–Crippen LogP) is 2.00. The van der Waals surface area contributed by atoms with Crippen molar-refractivity contribution in [3.05, 3.63) is 42.2 Å². The first kappa shape index (κ1) is 19.0. The Hall–Kier alpha value is -2.74. The summed E-state index contributed by atoms with van der Waals surface area (Å²) in [6, 6.07) is 5.98. The Morgan fingerprint density at radius 3 is 2.81 bits per heavy atom. The maximum Gasteiger partial charge on any atom is 0.175 e. The zero-order valence-electron chi connectivity index (χ0n) is 16.5. The summed E-state index contributed by atoms with van der Waals surface area (Å²) in [5.74, 6) is 3.51. The Bertz CT molecular complexity index is 799. The van der Waals surface area contributed by atoms with E-state index in [-0.39, 0.29) is 6.17 Å². The molecule has 0 saturated carbocycles. The number of methoxy groups -OCH3 is 1. The third kappa shape index (κ3) is 4.16. The van der Waals surface area contributed by atoms with Crippen molar-refractivity contribution in [1.29, 1.82) is 0 Å². The van der Waals surface area contributed by atoms with Crippen molar-refractivity contribution in [2.75, 3.05) is 39.6 Å². The number of unbranched alkanes of at least 4 members (excludes halogenated alkanes) is 1. The summed E-state index contributed by atoms with van der Waals surface area (Å²) in [5.41, 5.74) is 2.05. The average Bonchev–Trinajstić information content (AvgIpc) is 3.05. The van der Waals surface area contributed by atoms with E-state index in [1.165, 1.54) is 0 Å². The lowest BCUT2D eigenvalue weighted by Crippen LogP contribution is -2.34. The van der Waals surface area contributed by atoms with Gasteiger partial charge in [-0.25, -0.2) is 0 Å². The molecule has 0 aliphatic carbocycles. The summed E-state index contributed by atoms with van der Waals surface area (Å²) in [7, 11) is 5.64. The first-order valence-corrected chi connectivity index (χ1v) is 9.21. The largest absolute Gasteiger partial charge is 0.497 e. The molecule has 1 aliphatic rings. The number of nitrogens with one attached hydrogen (secondary N) is 3. The van der Waals surface area contributed by atoms with Gasteiger partial charge in [-0.2, -0.15) is 0 Å². The van der Waals surface area contributed by atoms with Gasteiger partial charge in [-0.1, -0.05) is 6.58 Å². The van der Waals surface area contributed by atoms with Crippen molar-refractivity contribution < 1.29 is 4.74 Å². The van der Waals surface area contributed by atoms with Crippen LogP contribution in [0.1, 0.15) is 30.7 Å². The highest BCUT2D eigenvalue weighted by atomic mass is 16.5. The van der Waals surface area contributed by atoms with Crippen molar-refractivity contribution in [2.24, 2.45) is 0 Å². The van der Waals surface area contributed by atoms with E-state index in [2.05, 4.69) is 37.3 Å². The zero-order valence-corrected chi connectivity index (χ0v) is 16.5. The van der Waals surface area contributed by atoms with Gasteiger partial charge in [-0.3, -0.25) is 9.88 Å². The number of anilines is 1. The molecule has 1 aromatic carbocycles. The fourth-order valence-corrected chi connectivity index (χ4v) is 3.07. The van der Waals surface area contributed by atoms with Gasteiger partial charge in [0.25, 0.3) is 0 Å². The number of hydrogen-bond donors (Lipinski definition) is 3. The Morgan fingerprint density at radius 2 is 2.07 bits per heavy atom. The van der Waals surface area contributed by atoms with Gasteiger partial charge in [-0.15, -0.1) is 10.2 Å². The van der Waals surface area contributed by atoms with Crippen molar-refractivity contribution in [1.82, 2.24) is 30.3 Å². The van der Waals surface area contributed by atoms with Crippen LogP contribution < -0.4 is 20.7 Å². The van der Waals surface area contributed by atoms with Gasteiger partial charge in [0, 0.05) is 26.7 Å². The lowest BCUT2D eigenvalue weighted by atomic mass is 10.2. The molecule has 1 atom stereocenters. The molecule has 0 amide bonds. The number of nitrogens with zero attached hydrogens (tertiary/aromatic N) is 4. The van der Waals surface area contributed by atoms with E-state index in [4.69, 9.17) is 4.74 Å². The summed E-state index contributed by atoms with van der Waals surface area (Å²) in [4.78, 5) is 1.98. The van der Waals surface area contributed by atoms with Crippen LogP contribution in [0.25, 0.3) is 5.69 Å². The van der Waals surface area contributed by atoms with Crippen LogP contribution in [-0.4, -0.2) is 54.0 Å². The molecular weight excluding hydrogens is 342 g/mol. The van der Waals surface area contributed by atoms with Crippen LogP contribution in [0.5, 0.6) is 5.75 Å². The second-order valence-electron chi connectivity index (χ2n) is 6.83. The van der Waals surface area contributed by atoms with Gasteiger partial charge in [0.15, 0.2) is 5.82 Å². The topological polar surface area (TPSA) is 79.3 Å². The van der Waals surface area contributed by atoms with Gasteiger partial charge in [0.05, 0.1) is 24.3 Å². The summed E-state index contributed by atoms with van der Waals surface area (Å²) >= 11 is 0. The highest BCUT2D eigenvalue weighted by Gasteiger charge is 2.27. The quantitative estimate of drug-likeness (QED) is 0.582. The summed E-state index contributed by atoms with van der Waals surface area (Å²) < 4.78 is 7.45. The van der Waals surface area contributed by atoms with Crippen LogP contribution in [0.4, 0.5) is 5.69 Å². The molecule has 2 aromatic rings. The Balaban J connectivity index is 1.59. The van der Waals surface area contributed by atoms with Gasteiger partial charge < -0.3 is 20.3 Å². The SMILES string of the molecule is C=C(NCCCCNC1Nc2cc(OC)ccc2-n2c(C)nnc21)N(C)C. The van der Waals surface area contributed by atoms with Crippen molar-refractivity contribution in [3.63, 3.8) is 0 Å². The molecule has 8 nitrogen and oxygen atoms in total. The maximum atomic E-state index is 5.36. The lowest BCUT2D eigenvalue weighted by Gasteiger charge is -2.29. The minimum absolute atomic E-state index is 0.0875. The van der Waals surface area contributed by atoms with E-state index in [1.54, 1.807) is 7.11 Å². The molecule has 1 aliphatic heterocycles. The number of fused-ring (bicyclic) bond motifs is 3. The standard InChI is InChI=1S/C19H29N7O/c1-13(25(3)4)20-10-6-7-11-21-18-19-24-23-14(2)26(19)17-9-8-15(27-5)12-16(17)22-18/h8-9,12,18,20-22H,1,6-7,10-11H2,2-5H3. The van der Waals surface area contributed by atoms with Crippen LogP contribution in [0.3, 0.4) is 0 Å². The summed E-state index contributed by atoms with van der Waals surface area (Å²) in [5, 5.41) is 19.0. The highest BCUT2D eigenvalue weighted by molar-refractivity contribution is 5.67. The van der Waals surface area contributed by atoms with Crippen LogP contribution in [0.15, 0.2) is 30.6 Å². The monoisotopic (exact) mass is 371 g/mol. The number of rotatable bonds is 9. The molecule has 1 aromatic heterocycles. The number of aromatic nitrogens is 3. The molecular formula is C19H29N7O. The molecule has 3 N–H and O–H groups in total. The van der Waals surface area contributed by atoms with E-state index >= 15 is 0 Å². The number of hydrogen-bond acceptors (Lipinski definition) is 7. The van der Waals surface area contributed by atoms with Crippen molar-refractivity contribution >= 4 is 5.69 Å². The fourth-order valence-electron chi connectivity index (χ4n) is 3.07. The van der Waals surface area contributed by atoms with Crippen LogP contribution in [0, 0.1) is 6.92 Å². The zero-order chi connectivity index (χ0) is 19.4. The Morgan fingerprint density at radius 1 is 1.30 bits per heavy atom.